The highest BCUT2D eigenvalue weighted by atomic mass is 79.9. The van der Waals surface area contributed by atoms with Crippen LogP contribution in [-0.4, -0.2) is 47.3 Å². The number of rotatable bonds is 8. The Kier molecular flexibility index (Phi) is 7.51. The molecule has 0 aliphatic heterocycles. The molecule has 1 atom stereocenters. The maximum atomic E-state index is 13.6. The molecule has 0 amide bonds. The highest BCUT2D eigenvalue weighted by molar-refractivity contribution is 9.10. The predicted octanol–water partition coefficient (Wildman–Crippen LogP) is 5.98. The van der Waals surface area contributed by atoms with Crippen molar-refractivity contribution < 1.29 is 28.5 Å². The number of carboxylic acid groups (broad SMARTS) is 1. The standard InChI is InChI=1S/C28H21BrClN3O7/c1-14(28(35)36)39-25-21(38-3)11-15(23(29)24(25)30)13-31-33-26(32-18-8-5-4-7-16(18)27(33)34)22-12-17-19(37-2)9-6-10-20(17)40-22/h4-14H,1-3H3,(H,35,36)/t14-/m0/s1. The molecule has 0 saturated carbocycles. The highest BCUT2D eigenvalue weighted by Gasteiger charge is 2.22. The van der Waals surface area contributed by atoms with Crippen LogP contribution in [0.4, 0.5) is 0 Å². The highest BCUT2D eigenvalue weighted by Crippen LogP contribution is 2.42. The Hall–Kier alpha value is -4.35. The average molecular weight is 627 g/mol. The molecule has 40 heavy (non-hydrogen) atoms. The van der Waals surface area contributed by atoms with Crippen LogP contribution < -0.4 is 19.8 Å². The van der Waals surface area contributed by atoms with Crippen molar-refractivity contribution in [3.05, 3.63) is 80.0 Å². The summed E-state index contributed by atoms with van der Waals surface area (Å²) in [5.41, 5.74) is 1.03. The van der Waals surface area contributed by atoms with Gasteiger partial charge in [-0.25, -0.2) is 9.78 Å². The third-order valence-corrected chi connectivity index (χ3v) is 7.49. The van der Waals surface area contributed by atoms with Crippen molar-refractivity contribution in [2.24, 2.45) is 5.10 Å². The van der Waals surface area contributed by atoms with E-state index in [4.69, 9.17) is 30.2 Å². The van der Waals surface area contributed by atoms with Crippen molar-refractivity contribution >= 4 is 61.6 Å². The van der Waals surface area contributed by atoms with Crippen LogP contribution >= 0.6 is 27.5 Å². The molecule has 3 aromatic carbocycles. The Balaban J connectivity index is 1.67. The van der Waals surface area contributed by atoms with E-state index in [1.165, 1.54) is 20.2 Å². The van der Waals surface area contributed by atoms with Crippen LogP contribution in [0.5, 0.6) is 17.2 Å². The van der Waals surface area contributed by atoms with Gasteiger partial charge in [-0.2, -0.15) is 9.78 Å². The number of carboxylic acids is 1. The lowest BCUT2D eigenvalue weighted by Crippen LogP contribution is -2.23. The quantitative estimate of drug-likeness (QED) is 0.209. The van der Waals surface area contributed by atoms with Crippen LogP contribution in [0.1, 0.15) is 12.5 Å². The number of para-hydroxylation sites is 1. The molecule has 10 nitrogen and oxygen atoms in total. The lowest BCUT2D eigenvalue weighted by Gasteiger charge is -2.17. The van der Waals surface area contributed by atoms with E-state index < -0.39 is 17.6 Å². The van der Waals surface area contributed by atoms with E-state index in [2.05, 4.69) is 26.0 Å². The molecule has 0 unspecified atom stereocenters. The van der Waals surface area contributed by atoms with Crippen molar-refractivity contribution in [1.82, 2.24) is 9.66 Å². The first-order chi connectivity index (χ1) is 19.2. The van der Waals surface area contributed by atoms with E-state index in [0.717, 1.165) is 4.68 Å². The minimum absolute atomic E-state index is 0.0459. The fraction of sp³-hybridized carbons (Fsp3) is 0.143. The Morgan fingerprint density at radius 1 is 1.12 bits per heavy atom. The zero-order chi connectivity index (χ0) is 28.6. The molecule has 2 aromatic heterocycles. The average Bonchev–Trinajstić information content (AvgIpc) is 3.40. The molecule has 12 heteroatoms. The molecular formula is C28H21BrClN3O7. The number of ether oxygens (including phenoxy) is 3. The molecule has 204 valence electrons. The second-order valence-electron chi connectivity index (χ2n) is 8.52. The third-order valence-electron chi connectivity index (χ3n) is 6.05. The summed E-state index contributed by atoms with van der Waals surface area (Å²) < 4.78 is 23.9. The number of hydrogen-bond donors (Lipinski definition) is 1. The number of carbonyl (C=O) groups is 1. The summed E-state index contributed by atoms with van der Waals surface area (Å²) in [5.74, 6) is 0.138. The Morgan fingerprint density at radius 2 is 1.88 bits per heavy atom. The number of halogens is 2. The molecular weight excluding hydrogens is 606 g/mol. The second kappa shape index (κ2) is 11.0. The molecule has 5 aromatic rings. The van der Waals surface area contributed by atoms with Gasteiger partial charge in [-0.1, -0.05) is 29.8 Å². The van der Waals surface area contributed by atoms with Crippen LogP contribution in [0.25, 0.3) is 33.5 Å². The van der Waals surface area contributed by atoms with Crippen molar-refractivity contribution in [2.75, 3.05) is 14.2 Å². The van der Waals surface area contributed by atoms with Gasteiger partial charge in [-0.3, -0.25) is 4.79 Å². The van der Waals surface area contributed by atoms with E-state index in [-0.39, 0.29) is 22.3 Å². The van der Waals surface area contributed by atoms with Crippen LogP contribution in [-0.2, 0) is 4.79 Å². The number of benzene rings is 3. The van der Waals surface area contributed by atoms with E-state index in [1.54, 1.807) is 61.7 Å². The summed E-state index contributed by atoms with van der Waals surface area (Å²) in [5, 5.41) is 14.8. The van der Waals surface area contributed by atoms with Gasteiger partial charge >= 0.3 is 5.97 Å². The number of aromatic nitrogens is 2. The molecule has 0 aliphatic rings. The van der Waals surface area contributed by atoms with Crippen LogP contribution in [0.15, 0.2) is 73.4 Å². The topological polar surface area (TPSA) is 125 Å². The smallest absolute Gasteiger partial charge is 0.344 e. The van der Waals surface area contributed by atoms with Gasteiger partial charge in [0.1, 0.15) is 16.4 Å². The number of hydrogen-bond acceptors (Lipinski definition) is 8. The molecule has 5 rings (SSSR count). The summed E-state index contributed by atoms with van der Waals surface area (Å²) in [6.45, 7) is 1.37. The number of furan rings is 1. The van der Waals surface area contributed by atoms with Crippen LogP contribution in [0.3, 0.4) is 0 Å². The fourth-order valence-corrected chi connectivity index (χ4v) is 4.66. The largest absolute Gasteiger partial charge is 0.496 e. The van der Waals surface area contributed by atoms with Gasteiger partial charge in [-0.15, -0.1) is 0 Å². The van der Waals surface area contributed by atoms with E-state index >= 15 is 0 Å². The third kappa shape index (κ3) is 4.89. The fourth-order valence-electron chi connectivity index (χ4n) is 4.02. The molecule has 0 bridgehead atoms. The first-order valence-electron chi connectivity index (χ1n) is 11.8. The summed E-state index contributed by atoms with van der Waals surface area (Å²) in [6, 6.07) is 15.6. The van der Waals surface area contributed by atoms with Crippen molar-refractivity contribution in [2.45, 2.75) is 13.0 Å². The molecule has 0 saturated heterocycles. The first kappa shape index (κ1) is 27.2. The van der Waals surface area contributed by atoms with Gasteiger partial charge in [0.25, 0.3) is 5.56 Å². The zero-order valence-corrected chi connectivity index (χ0v) is 23.7. The Morgan fingerprint density at radius 3 is 2.60 bits per heavy atom. The predicted molar refractivity (Wildman–Crippen MR) is 154 cm³/mol. The van der Waals surface area contributed by atoms with Gasteiger partial charge in [0.05, 0.1) is 36.7 Å². The molecule has 1 N–H and O–H groups in total. The van der Waals surface area contributed by atoms with Gasteiger partial charge < -0.3 is 23.7 Å². The molecule has 0 radical (unpaired) electrons. The number of aliphatic carboxylic acids is 1. The van der Waals surface area contributed by atoms with Gasteiger partial charge in [-0.05, 0) is 59.3 Å². The van der Waals surface area contributed by atoms with E-state index in [1.807, 2.05) is 0 Å². The monoisotopic (exact) mass is 625 g/mol. The van der Waals surface area contributed by atoms with Crippen molar-refractivity contribution in [3.63, 3.8) is 0 Å². The Labute approximate surface area is 240 Å². The summed E-state index contributed by atoms with van der Waals surface area (Å²) in [6.07, 6.45) is 0.220. The number of fused-ring (bicyclic) bond motifs is 2. The number of nitrogens with zero attached hydrogens (tertiary/aromatic N) is 3. The minimum Gasteiger partial charge on any atom is -0.496 e. The van der Waals surface area contributed by atoms with Crippen LogP contribution in [0, 0.1) is 0 Å². The maximum absolute atomic E-state index is 13.6. The molecule has 0 fully saturated rings. The van der Waals surface area contributed by atoms with Gasteiger partial charge in [0.15, 0.2) is 23.4 Å². The SMILES string of the molecule is COc1cc(C=Nn2c(-c3cc4c(OC)cccc4o3)nc3ccccc3c2=O)c(Br)c(Cl)c1O[C@@H](C)C(=O)O. The van der Waals surface area contributed by atoms with Crippen molar-refractivity contribution in [1.29, 1.82) is 0 Å². The molecule has 0 spiro atoms. The van der Waals surface area contributed by atoms with Crippen molar-refractivity contribution in [3.8, 4) is 28.8 Å². The van der Waals surface area contributed by atoms with Gasteiger partial charge in [0, 0.05) is 10.0 Å². The maximum Gasteiger partial charge on any atom is 0.344 e. The normalized spacial score (nSPS) is 12.2. The second-order valence-corrected chi connectivity index (χ2v) is 9.69. The summed E-state index contributed by atoms with van der Waals surface area (Å²) in [4.78, 5) is 29.6. The minimum atomic E-state index is -1.18. The zero-order valence-electron chi connectivity index (χ0n) is 21.3. The summed E-state index contributed by atoms with van der Waals surface area (Å²) in [7, 11) is 2.95. The molecule has 0 aliphatic carbocycles. The van der Waals surface area contributed by atoms with Gasteiger partial charge in [0.2, 0.25) is 5.82 Å². The Bertz CT molecular complexity index is 1870. The molecule has 2 heterocycles. The first-order valence-corrected chi connectivity index (χ1v) is 13.0. The lowest BCUT2D eigenvalue weighted by molar-refractivity contribution is -0.144. The lowest BCUT2D eigenvalue weighted by atomic mass is 10.2. The van der Waals surface area contributed by atoms with E-state index in [0.29, 0.717) is 43.4 Å². The number of methoxy groups -OCH3 is 2. The van der Waals surface area contributed by atoms with E-state index in [9.17, 15) is 14.7 Å². The van der Waals surface area contributed by atoms with Crippen LogP contribution in [0.2, 0.25) is 5.02 Å². The summed E-state index contributed by atoms with van der Waals surface area (Å²) >= 11 is 9.92.